The molecule has 0 aliphatic carbocycles. The Balaban J connectivity index is 1.68. The van der Waals surface area contributed by atoms with Gasteiger partial charge in [-0.2, -0.15) is 4.31 Å². The monoisotopic (exact) mass is 459 g/mol. The number of sulfonamides is 1. The number of benzene rings is 2. The highest BCUT2D eigenvalue weighted by Crippen LogP contribution is 2.28. The molecular weight excluding hydrogens is 430 g/mol. The smallest absolute Gasteiger partial charge is 0.243 e. The second-order valence-corrected chi connectivity index (χ2v) is 9.83. The van der Waals surface area contributed by atoms with Gasteiger partial charge in [0.15, 0.2) is 0 Å². The van der Waals surface area contributed by atoms with Gasteiger partial charge in [0.2, 0.25) is 21.8 Å². The quantitative estimate of drug-likeness (QED) is 0.629. The number of aryl methyl sites for hydroxylation is 1. The highest BCUT2D eigenvalue weighted by Gasteiger charge is 2.33. The van der Waals surface area contributed by atoms with Crippen LogP contribution in [-0.2, 0) is 26.0 Å². The summed E-state index contributed by atoms with van der Waals surface area (Å²) < 4.78 is 33.2. The fourth-order valence-corrected chi connectivity index (χ4v) is 5.38. The molecule has 0 aromatic heterocycles. The molecular formula is C23H29N3O5S. The maximum absolute atomic E-state index is 13.2. The van der Waals surface area contributed by atoms with Crippen LogP contribution < -0.4 is 15.8 Å². The summed E-state index contributed by atoms with van der Waals surface area (Å²) in [5.74, 6) is -0.444. The second kappa shape index (κ2) is 10.1. The molecule has 8 nitrogen and oxygen atoms in total. The van der Waals surface area contributed by atoms with E-state index in [9.17, 15) is 18.0 Å². The number of ether oxygens (including phenoxy) is 1. The van der Waals surface area contributed by atoms with E-state index in [-0.39, 0.29) is 23.8 Å². The third-order valence-electron chi connectivity index (χ3n) is 5.44. The van der Waals surface area contributed by atoms with Crippen molar-refractivity contribution < 1.29 is 22.7 Å². The number of nitrogens with one attached hydrogen (secondary N) is 1. The molecule has 1 heterocycles. The van der Waals surface area contributed by atoms with Gasteiger partial charge in [0, 0.05) is 18.8 Å². The number of carbonyl (C=O) groups is 2. The molecule has 0 radical (unpaired) electrons. The first-order valence-electron chi connectivity index (χ1n) is 10.6. The molecule has 172 valence electrons. The maximum atomic E-state index is 13.2. The number of amides is 2. The largest absolute Gasteiger partial charge is 0.494 e. The lowest BCUT2D eigenvalue weighted by atomic mass is 9.98. The summed E-state index contributed by atoms with van der Waals surface area (Å²) in [5, 5.41) is 2.84. The Morgan fingerprint density at radius 2 is 1.91 bits per heavy atom. The first-order valence-corrected chi connectivity index (χ1v) is 12.1. The molecule has 0 saturated carbocycles. The normalized spacial score (nSPS) is 17.0. The summed E-state index contributed by atoms with van der Waals surface area (Å²) in [7, 11) is -3.72. The summed E-state index contributed by atoms with van der Waals surface area (Å²) in [4.78, 5) is 24.0. The van der Waals surface area contributed by atoms with Crippen molar-refractivity contribution >= 4 is 27.5 Å². The molecule has 2 aromatic carbocycles. The van der Waals surface area contributed by atoms with Crippen LogP contribution in [0, 0.1) is 12.8 Å². The van der Waals surface area contributed by atoms with Crippen LogP contribution in [0.1, 0.15) is 30.9 Å². The molecule has 0 bridgehead atoms. The summed E-state index contributed by atoms with van der Waals surface area (Å²) in [6.07, 6.45) is 1.35. The Kier molecular flexibility index (Phi) is 7.52. The first-order chi connectivity index (χ1) is 15.2. The van der Waals surface area contributed by atoms with Gasteiger partial charge in [0.1, 0.15) is 5.75 Å². The number of anilines is 1. The van der Waals surface area contributed by atoms with E-state index in [2.05, 4.69) is 5.32 Å². The van der Waals surface area contributed by atoms with Crippen LogP contribution in [0.15, 0.2) is 47.4 Å². The Bertz CT molecular complexity index is 1080. The van der Waals surface area contributed by atoms with Gasteiger partial charge in [-0.1, -0.05) is 12.1 Å². The molecule has 2 aromatic rings. The zero-order valence-electron chi connectivity index (χ0n) is 18.3. The molecule has 32 heavy (non-hydrogen) atoms. The van der Waals surface area contributed by atoms with E-state index in [0.29, 0.717) is 37.4 Å². The number of primary amides is 1. The highest BCUT2D eigenvalue weighted by molar-refractivity contribution is 7.89. The van der Waals surface area contributed by atoms with Gasteiger partial charge in [-0.05, 0) is 68.1 Å². The number of rotatable bonds is 8. The van der Waals surface area contributed by atoms with Gasteiger partial charge in [-0.15, -0.1) is 0 Å². The van der Waals surface area contributed by atoms with Crippen molar-refractivity contribution in [2.75, 3.05) is 25.0 Å². The fraction of sp³-hybridized carbons (Fsp3) is 0.391. The van der Waals surface area contributed by atoms with Gasteiger partial charge >= 0.3 is 0 Å². The molecule has 0 unspecified atom stereocenters. The predicted octanol–water partition coefficient (Wildman–Crippen LogP) is 2.46. The van der Waals surface area contributed by atoms with E-state index >= 15 is 0 Å². The van der Waals surface area contributed by atoms with Gasteiger partial charge < -0.3 is 15.8 Å². The lowest BCUT2D eigenvalue weighted by Gasteiger charge is -2.31. The van der Waals surface area contributed by atoms with E-state index in [1.807, 2.05) is 13.8 Å². The van der Waals surface area contributed by atoms with Crippen molar-refractivity contribution in [2.45, 2.75) is 38.0 Å². The van der Waals surface area contributed by atoms with Crippen LogP contribution in [-0.4, -0.2) is 44.2 Å². The topological polar surface area (TPSA) is 119 Å². The molecule has 0 spiro atoms. The van der Waals surface area contributed by atoms with Crippen LogP contribution in [0.25, 0.3) is 0 Å². The predicted molar refractivity (Wildman–Crippen MR) is 122 cm³/mol. The van der Waals surface area contributed by atoms with Gasteiger partial charge in [-0.25, -0.2) is 8.42 Å². The van der Waals surface area contributed by atoms with Crippen molar-refractivity contribution in [3.05, 3.63) is 53.6 Å². The standard InChI is InChI=1S/C23H29N3O5S/c1-3-31-21-11-10-20(13-16(21)2)32(29,30)26-12-4-5-18(15-26)23(28)25-19-8-6-17(7-9-19)14-22(24)27/h6-11,13,18H,3-5,12,14-15H2,1-2H3,(H2,24,27)(H,25,28)/t18-/m1/s1. The average molecular weight is 460 g/mol. The lowest BCUT2D eigenvalue weighted by molar-refractivity contribution is -0.121. The van der Waals surface area contributed by atoms with Gasteiger partial charge in [0.05, 0.1) is 23.8 Å². The van der Waals surface area contributed by atoms with Crippen LogP contribution in [0.5, 0.6) is 5.75 Å². The minimum Gasteiger partial charge on any atom is -0.494 e. The summed E-state index contributed by atoms with van der Waals surface area (Å²) >= 11 is 0. The Labute approximate surface area is 188 Å². The zero-order valence-corrected chi connectivity index (χ0v) is 19.2. The number of carbonyl (C=O) groups excluding carboxylic acids is 2. The molecule has 1 aliphatic heterocycles. The molecule has 3 N–H and O–H groups in total. The van der Waals surface area contributed by atoms with E-state index < -0.39 is 21.8 Å². The Hall–Kier alpha value is -2.91. The number of nitrogens with two attached hydrogens (primary N) is 1. The van der Waals surface area contributed by atoms with Crippen molar-refractivity contribution in [3.63, 3.8) is 0 Å². The number of piperidine rings is 1. The molecule has 9 heteroatoms. The average Bonchev–Trinajstić information content (AvgIpc) is 2.76. The van der Waals surface area contributed by atoms with Gasteiger partial charge in [0.25, 0.3) is 0 Å². The van der Waals surface area contributed by atoms with E-state index in [4.69, 9.17) is 10.5 Å². The molecule has 1 fully saturated rings. The SMILES string of the molecule is CCOc1ccc(S(=O)(=O)N2CCC[C@@H](C(=O)Nc3ccc(CC(N)=O)cc3)C2)cc1C. The second-order valence-electron chi connectivity index (χ2n) is 7.89. The highest BCUT2D eigenvalue weighted by atomic mass is 32.2. The molecule has 1 atom stereocenters. The van der Waals surface area contributed by atoms with Gasteiger partial charge in [-0.3, -0.25) is 9.59 Å². The minimum absolute atomic E-state index is 0.125. The van der Waals surface area contributed by atoms with Crippen molar-refractivity contribution in [1.82, 2.24) is 4.31 Å². The molecule has 2 amide bonds. The molecule has 1 aliphatic rings. The number of hydrogen-bond donors (Lipinski definition) is 2. The third-order valence-corrected chi connectivity index (χ3v) is 7.30. The van der Waals surface area contributed by atoms with Crippen LogP contribution in [0.2, 0.25) is 0 Å². The number of hydrogen-bond acceptors (Lipinski definition) is 5. The minimum atomic E-state index is -3.72. The number of nitrogens with zero attached hydrogens (tertiary/aromatic N) is 1. The summed E-state index contributed by atoms with van der Waals surface area (Å²) in [6.45, 7) is 4.69. The van der Waals surface area contributed by atoms with Crippen molar-refractivity contribution in [2.24, 2.45) is 11.7 Å². The Morgan fingerprint density at radius 3 is 2.53 bits per heavy atom. The molecule has 3 rings (SSSR count). The maximum Gasteiger partial charge on any atom is 0.243 e. The van der Waals surface area contributed by atoms with Crippen molar-refractivity contribution in [3.8, 4) is 5.75 Å². The zero-order chi connectivity index (χ0) is 23.3. The van der Waals surface area contributed by atoms with E-state index in [0.717, 1.165) is 11.1 Å². The van der Waals surface area contributed by atoms with E-state index in [1.54, 1.807) is 42.5 Å². The van der Waals surface area contributed by atoms with Crippen molar-refractivity contribution in [1.29, 1.82) is 0 Å². The first kappa shape index (κ1) is 23.7. The fourth-order valence-electron chi connectivity index (χ4n) is 3.78. The van der Waals surface area contributed by atoms with E-state index in [1.165, 1.54) is 4.31 Å². The lowest BCUT2D eigenvalue weighted by Crippen LogP contribution is -2.43. The molecule has 1 saturated heterocycles. The summed E-state index contributed by atoms with van der Waals surface area (Å²) in [6, 6.07) is 11.7. The summed E-state index contributed by atoms with van der Waals surface area (Å²) in [5.41, 5.74) is 7.29. The van der Waals surface area contributed by atoms with Crippen LogP contribution in [0.4, 0.5) is 5.69 Å². The third kappa shape index (κ3) is 5.66. The Morgan fingerprint density at radius 1 is 1.19 bits per heavy atom. The van der Waals surface area contributed by atoms with Crippen LogP contribution in [0.3, 0.4) is 0 Å². The van der Waals surface area contributed by atoms with Crippen LogP contribution >= 0.6 is 0 Å².